The quantitative estimate of drug-likeness (QED) is 0.509. The third-order valence-electron chi connectivity index (χ3n) is 3.50. The Morgan fingerprint density at radius 2 is 2.04 bits per heavy atom. The van der Waals surface area contributed by atoms with Crippen LogP contribution in [0.3, 0.4) is 0 Å². The molecule has 2 heterocycles. The number of hydrazone groups is 1. The zero-order valence-corrected chi connectivity index (χ0v) is 12.6. The number of aromatic nitrogens is 2. The predicted molar refractivity (Wildman–Crippen MR) is 89.5 cm³/mol. The highest BCUT2D eigenvalue weighted by Gasteiger charge is 2.09. The highest BCUT2D eigenvalue weighted by Crippen LogP contribution is 2.22. The number of benzene rings is 1. The van der Waals surface area contributed by atoms with Crippen LogP contribution in [0.4, 0.5) is 5.82 Å². The predicted octanol–water partition coefficient (Wildman–Crippen LogP) is 2.58. The van der Waals surface area contributed by atoms with Gasteiger partial charge in [-0.1, -0.05) is 18.2 Å². The van der Waals surface area contributed by atoms with E-state index in [9.17, 15) is 10.2 Å². The first-order chi connectivity index (χ1) is 11.2. The monoisotopic (exact) mass is 308 g/mol. The van der Waals surface area contributed by atoms with Gasteiger partial charge in [0.05, 0.1) is 24.0 Å². The Hall–Kier alpha value is -2.99. The Balaban J connectivity index is 1.84. The van der Waals surface area contributed by atoms with Crippen LogP contribution in [0.15, 0.2) is 47.7 Å². The van der Waals surface area contributed by atoms with Crippen LogP contribution in [0.2, 0.25) is 0 Å². The number of rotatable bonds is 4. The number of hydrogen-bond acceptors (Lipinski definition) is 6. The average Bonchev–Trinajstić information content (AvgIpc) is 2.58. The maximum Gasteiger partial charge on any atom is 0.146 e. The van der Waals surface area contributed by atoms with Gasteiger partial charge in [0.25, 0.3) is 0 Å². The molecule has 1 aromatic carbocycles. The van der Waals surface area contributed by atoms with Crippen molar-refractivity contribution in [3.05, 3.63) is 59.4 Å². The topological polar surface area (TPSA) is 90.6 Å². The molecule has 2 aromatic heterocycles. The fourth-order valence-electron chi connectivity index (χ4n) is 2.21. The zero-order valence-electron chi connectivity index (χ0n) is 12.6. The molecule has 0 aliphatic carbocycles. The highest BCUT2D eigenvalue weighted by atomic mass is 16.3. The van der Waals surface area contributed by atoms with E-state index in [2.05, 4.69) is 20.5 Å². The van der Waals surface area contributed by atoms with Crippen molar-refractivity contribution in [3.8, 4) is 5.75 Å². The molecule has 0 saturated carbocycles. The van der Waals surface area contributed by atoms with Crippen LogP contribution < -0.4 is 5.43 Å². The van der Waals surface area contributed by atoms with Gasteiger partial charge in [-0.25, -0.2) is 4.98 Å². The lowest BCUT2D eigenvalue weighted by atomic mass is 10.1. The maximum atomic E-state index is 10.0. The summed E-state index contributed by atoms with van der Waals surface area (Å²) in [6, 6.07) is 11.6. The molecule has 3 N–H and O–H groups in total. The number of nitrogens with zero attached hydrogens (tertiary/aromatic N) is 3. The van der Waals surface area contributed by atoms with Gasteiger partial charge in [-0.05, 0) is 25.1 Å². The number of nitrogens with one attached hydrogen (secondary N) is 1. The van der Waals surface area contributed by atoms with Crippen LogP contribution in [-0.4, -0.2) is 26.4 Å². The molecule has 23 heavy (non-hydrogen) atoms. The van der Waals surface area contributed by atoms with Gasteiger partial charge in [-0.15, -0.1) is 0 Å². The largest absolute Gasteiger partial charge is 0.505 e. The smallest absolute Gasteiger partial charge is 0.146 e. The van der Waals surface area contributed by atoms with Gasteiger partial charge in [-0.2, -0.15) is 5.10 Å². The molecule has 0 spiro atoms. The van der Waals surface area contributed by atoms with E-state index in [4.69, 9.17) is 0 Å². The zero-order chi connectivity index (χ0) is 16.2. The average molecular weight is 308 g/mol. The standard InChI is InChI=1S/C17H16N4O2/c1-11-17(23)14(13(10-22)8-18-11)9-19-21-16-7-6-12-4-2-3-5-15(12)20-16/h2-9,22-23H,10H2,1H3,(H,20,21)/b19-9-. The molecule has 6 heteroatoms. The van der Waals surface area contributed by atoms with Gasteiger partial charge >= 0.3 is 0 Å². The molecule has 116 valence electrons. The van der Waals surface area contributed by atoms with Crippen molar-refractivity contribution in [2.75, 3.05) is 5.43 Å². The Bertz CT molecular complexity index is 878. The third kappa shape index (κ3) is 3.12. The fraction of sp³-hybridized carbons (Fsp3) is 0.118. The first kappa shape index (κ1) is 14.9. The summed E-state index contributed by atoms with van der Waals surface area (Å²) in [5, 5.41) is 24.5. The Labute approximate surface area is 133 Å². The van der Waals surface area contributed by atoms with Crippen molar-refractivity contribution in [3.63, 3.8) is 0 Å². The summed E-state index contributed by atoms with van der Waals surface area (Å²) in [7, 11) is 0. The minimum Gasteiger partial charge on any atom is -0.505 e. The minimum absolute atomic E-state index is 0.00794. The van der Waals surface area contributed by atoms with Gasteiger partial charge in [-0.3, -0.25) is 10.4 Å². The number of pyridine rings is 2. The number of para-hydroxylation sites is 1. The first-order valence-corrected chi connectivity index (χ1v) is 7.12. The molecular weight excluding hydrogens is 292 g/mol. The number of hydrogen-bond donors (Lipinski definition) is 3. The summed E-state index contributed by atoms with van der Waals surface area (Å²) in [6.07, 6.45) is 2.97. The van der Waals surface area contributed by atoms with E-state index in [0.29, 0.717) is 22.6 Å². The van der Waals surface area contributed by atoms with Gasteiger partial charge in [0, 0.05) is 22.7 Å². The summed E-state index contributed by atoms with van der Waals surface area (Å²) < 4.78 is 0. The highest BCUT2D eigenvalue weighted by molar-refractivity contribution is 5.86. The number of fused-ring (bicyclic) bond motifs is 1. The number of aliphatic hydroxyl groups is 1. The minimum atomic E-state index is -0.226. The molecule has 0 unspecified atom stereocenters. The lowest BCUT2D eigenvalue weighted by Gasteiger charge is -2.07. The maximum absolute atomic E-state index is 10.0. The molecule has 0 saturated heterocycles. The van der Waals surface area contributed by atoms with Gasteiger partial charge < -0.3 is 10.2 Å². The second kappa shape index (κ2) is 6.41. The summed E-state index contributed by atoms with van der Waals surface area (Å²) in [5.74, 6) is 0.601. The van der Waals surface area contributed by atoms with Gasteiger partial charge in [0.15, 0.2) is 0 Å². The lowest BCUT2D eigenvalue weighted by molar-refractivity contribution is 0.280. The van der Waals surface area contributed by atoms with Crippen LogP contribution in [0, 0.1) is 6.92 Å². The van der Waals surface area contributed by atoms with Crippen molar-refractivity contribution >= 4 is 22.9 Å². The van der Waals surface area contributed by atoms with E-state index in [1.165, 1.54) is 12.4 Å². The van der Waals surface area contributed by atoms with Crippen molar-refractivity contribution in [1.82, 2.24) is 9.97 Å². The molecule has 0 aliphatic heterocycles. The Kier molecular flexibility index (Phi) is 4.16. The van der Waals surface area contributed by atoms with E-state index < -0.39 is 0 Å². The number of aliphatic hydroxyl groups excluding tert-OH is 1. The van der Waals surface area contributed by atoms with E-state index in [1.807, 2.05) is 36.4 Å². The number of anilines is 1. The molecule has 3 rings (SSSR count). The van der Waals surface area contributed by atoms with Gasteiger partial charge in [0.1, 0.15) is 11.6 Å². The fourth-order valence-corrected chi connectivity index (χ4v) is 2.21. The molecule has 0 aliphatic rings. The van der Waals surface area contributed by atoms with Crippen molar-refractivity contribution in [2.24, 2.45) is 5.10 Å². The third-order valence-corrected chi connectivity index (χ3v) is 3.50. The van der Waals surface area contributed by atoms with E-state index in [0.717, 1.165) is 10.9 Å². The first-order valence-electron chi connectivity index (χ1n) is 7.12. The lowest BCUT2D eigenvalue weighted by Crippen LogP contribution is -2.00. The van der Waals surface area contributed by atoms with E-state index >= 15 is 0 Å². The summed E-state index contributed by atoms with van der Waals surface area (Å²) >= 11 is 0. The van der Waals surface area contributed by atoms with Gasteiger partial charge in [0.2, 0.25) is 0 Å². The summed E-state index contributed by atoms with van der Waals surface area (Å²) in [4.78, 5) is 8.45. The van der Waals surface area contributed by atoms with Crippen molar-refractivity contribution < 1.29 is 10.2 Å². The molecule has 0 bridgehead atoms. The second-order valence-electron chi connectivity index (χ2n) is 5.05. The summed E-state index contributed by atoms with van der Waals surface area (Å²) in [6.45, 7) is 1.46. The van der Waals surface area contributed by atoms with Crippen molar-refractivity contribution in [1.29, 1.82) is 0 Å². The SMILES string of the molecule is Cc1ncc(CO)c(/C=N\Nc2ccc3ccccc3n2)c1O. The van der Waals surface area contributed by atoms with E-state index in [-0.39, 0.29) is 12.4 Å². The Morgan fingerprint density at radius 1 is 1.22 bits per heavy atom. The van der Waals surface area contributed by atoms with Crippen LogP contribution >= 0.6 is 0 Å². The second-order valence-corrected chi connectivity index (χ2v) is 5.05. The van der Waals surface area contributed by atoms with Crippen LogP contribution in [-0.2, 0) is 6.61 Å². The van der Waals surface area contributed by atoms with Crippen LogP contribution in [0.25, 0.3) is 10.9 Å². The molecule has 0 radical (unpaired) electrons. The number of aromatic hydroxyl groups is 1. The molecule has 0 atom stereocenters. The van der Waals surface area contributed by atoms with Crippen molar-refractivity contribution in [2.45, 2.75) is 13.5 Å². The Morgan fingerprint density at radius 3 is 2.87 bits per heavy atom. The molecule has 6 nitrogen and oxygen atoms in total. The molecule has 0 amide bonds. The van der Waals surface area contributed by atoms with Crippen LogP contribution in [0.5, 0.6) is 5.75 Å². The van der Waals surface area contributed by atoms with Crippen LogP contribution in [0.1, 0.15) is 16.8 Å². The normalized spacial score (nSPS) is 11.2. The number of aryl methyl sites for hydroxylation is 1. The molecule has 0 fully saturated rings. The summed E-state index contributed by atoms with van der Waals surface area (Å²) in [5.41, 5.74) is 5.12. The van der Waals surface area contributed by atoms with E-state index in [1.54, 1.807) is 6.92 Å². The molecular formula is C17H16N4O2. The molecule has 3 aromatic rings.